The first-order valence-corrected chi connectivity index (χ1v) is 12.3. The van der Waals surface area contributed by atoms with Crippen LogP contribution in [0.2, 0.25) is 10.0 Å². The molecule has 2 atom stereocenters. The summed E-state index contributed by atoms with van der Waals surface area (Å²) in [5.41, 5.74) is 4.54. The van der Waals surface area contributed by atoms with Crippen LogP contribution in [0, 0.1) is 11.3 Å². The quantitative estimate of drug-likeness (QED) is 0.554. The van der Waals surface area contributed by atoms with Crippen LogP contribution in [0.5, 0.6) is 0 Å². The molecule has 0 aromatic heterocycles. The molecular formula is C26H30Cl2N2O2. The molecule has 1 N–H and O–H groups in total. The molecule has 3 heterocycles. The highest BCUT2D eigenvalue weighted by Crippen LogP contribution is 2.45. The molecule has 1 unspecified atom stereocenters. The summed E-state index contributed by atoms with van der Waals surface area (Å²) in [7, 11) is 0. The number of carbonyl (C=O) groups is 1. The van der Waals surface area contributed by atoms with Gasteiger partial charge in [-0.2, -0.15) is 0 Å². The highest BCUT2D eigenvalue weighted by molar-refractivity contribution is 6.42. The predicted octanol–water partition coefficient (Wildman–Crippen LogP) is 6.49. The lowest BCUT2D eigenvalue weighted by Crippen LogP contribution is -2.53. The number of piperidine rings is 3. The molecule has 0 saturated carbocycles. The number of benzene rings is 2. The Kier molecular flexibility index (Phi) is 5.90. The average molecular weight is 473 g/mol. The molecule has 2 bridgehead atoms. The van der Waals surface area contributed by atoms with Crippen molar-refractivity contribution in [2.45, 2.75) is 51.7 Å². The summed E-state index contributed by atoms with van der Waals surface area (Å²) >= 11 is 12.3. The minimum absolute atomic E-state index is 0.0145. The normalized spacial score (nSPS) is 28.1. The molecule has 0 spiro atoms. The Balaban J connectivity index is 1.36. The van der Waals surface area contributed by atoms with Crippen molar-refractivity contribution in [1.29, 1.82) is 0 Å². The first kappa shape index (κ1) is 22.1. The lowest BCUT2D eigenvalue weighted by atomic mass is 9.70. The zero-order chi connectivity index (χ0) is 22.5. The van der Waals surface area contributed by atoms with Crippen LogP contribution in [0.4, 0.5) is 4.79 Å². The van der Waals surface area contributed by atoms with Crippen molar-refractivity contribution in [3.63, 3.8) is 0 Å². The summed E-state index contributed by atoms with van der Waals surface area (Å²) in [5.74, 6) is 0.506. The molecule has 3 fully saturated rings. The summed E-state index contributed by atoms with van der Waals surface area (Å²) in [6.45, 7) is 7.59. The number of nitrogens with one attached hydrogen (secondary N) is 1. The van der Waals surface area contributed by atoms with Gasteiger partial charge in [0, 0.05) is 6.54 Å². The molecule has 3 saturated heterocycles. The molecular weight excluding hydrogens is 443 g/mol. The van der Waals surface area contributed by atoms with Gasteiger partial charge in [0.2, 0.25) is 0 Å². The zero-order valence-electron chi connectivity index (χ0n) is 18.7. The number of alkyl carbamates (subject to hydrolysis) is 1. The topological polar surface area (TPSA) is 41.6 Å². The molecule has 1 amide bonds. The number of nitrogens with zero attached hydrogens (tertiary/aromatic N) is 1. The van der Waals surface area contributed by atoms with E-state index in [1.54, 1.807) is 0 Å². The standard InChI is InChI=1S/C26H30Cl2N2O2/c1-26(2)10-7-19-13-17(18-4-6-21(27)22(28)14-18)3-5-20(19)24(26)29-25(31)32-23-15-30-11-8-16(23)9-12-30/h3-6,13-14,16,23-24H,7-12,15H2,1-2H3,(H,29,31)/t23-,24?/m0/s1. The fraction of sp³-hybridized carbons (Fsp3) is 0.500. The smallest absolute Gasteiger partial charge is 0.407 e. The van der Waals surface area contributed by atoms with Crippen molar-refractivity contribution in [2.75, 3.05) is 19.6 Å². The third kappa shape index (κ3) is 4.25. The monoisotopic (exact) mass is 472 g/mol. The molecule has 1 aliphatic carbocycles. The van der Waals surface area contributed by atoms with Gasteiger partial charge >= 0.3 is 6.09 Å². The van der Waals surface area contributed by atoms with Gasteiger partial charge in [-0.25, -0.2) is 4.79 Å². The Labute approximate surface area is 200 Å². The summed E-state index contributed by atoms with van der Waals surface area (Å²) < 4.78 is 5.93. The van der Waals surface area contributed by atoms with Crippen LogP contribution in [-0.4, -0.2) is 36.7 Å². The second kappa shape index (κ2) is 8.55. The summed E-state index contributed by atoms with van der Waals surface area (Å²) in [4.78, 5) is 15.3. The molecule has 4 aliphatic rings. The number of ether oxygens (including phenoxy) is 1. The summed E-state index contributed by atoms with van der Waals surface area (Å²) in [6.07, 6.45) is 3.96. The second-order valence-corrected chi connectivity index (χ2v) is 11.0. The number of carbonyl (C=O) groups excluding carboxylic acids is 1. The van der Waals surface area contributed by atoms with Gasteiger partial charge in [0.15, 0.2) is 0 Å². The Bertz CT molecular complexity index is 1030. The van der Waals surface area contributed by atoms with Gasteiger partial charge in [0.05, 0.1) is 16.1 Å². The Morgan fingerprint density at radius 1 is 1.06 bits per heavy atom. The molecule has 2 aromatic carbocycles. The van der Waals surface area contributed by atoms with Crippen LogP contribution in [0.3, 0.4) is 0 Å². The molecule has 0 radical (unpaired) electrons. The third-order valence-corrected chi connectivity index (χ3v) is 8.38. The van der Waals surface area contributed by atoms with Crippen LogP contribution in [0.25, 0.3) is 11.1 Å². The maximum atomic E-state index is 12.9. The largest absolute Gasteiger partial charge is 0.445 e. The van der Waals surface area contributed by atoms with Gasteiger partial charge in [-0.15, -0.1) is 0 Å². The number of rotatable bonds is 3. The van der Waals surface area contributed by atoms with Crippen molar-refractivity contribution in [3.05, 3.63) is 57.6 Å². The highest BCUT2D eigenvalue weighted by Gasteiger charge is 2.40. The van der Waals surface area contributed by atoms with E-state index in [-0.39, 0.29) is 23.7 Å². The van der Waals surface area contributed by atoms with Crippen LogP contribution < -0.4 is 5.32 Å². The van der Waals surface area contributed by atoms with Crippen LogP contribution >= 0.6 is 23.2 Å². The number of hydrogen-bond acceptors (Lipinski definition) is 3. The Hall–Kier alpha value is -1.75. The third-order valence-electron chi connectivity index (χ3n) is 7.64. The summed E-state index contributed by atoms with van der Waals surface area (Å²) in [6, 6.07) is 12.1. The average Bonchev–Trinajstić information content (AvgIpc) is 2.78. The number of amides is 1. The SMILES string of the molecule is CC1(C)CCc2cc(-c3ccc(Cl)c(Cl)c3)ccc2C1NC(=O)O[C@H]1CN2CCC1CC2. The number of hydrogen-bond donors (Lipinski definition) is 1. The predicted molar refractivity (Wildman–Crippen MR) is 129 cm³/mol. The Morgan fingerprint density at radius 2 is 1.78 bits per heavy atom. The molecule has 4 nitrogen and oxygen atoms in total. The van der Waals surface area contributed by atoms with E-state index in [9.17, 15) is 4.79 Å². The van der Waals surface area contributed by atoms with Crippen molar-refractivity contribution >= 4 is 29.3 Å². The van der Waals surface area contributed by atoms with Gasteiger partial charge in [-0.3, -0.25) is 4.90 Å². The molecule has 32 heavy (non-hydrogen) atoms. The van der Waals surface area contributed by atoms with Gasteiger partial charge in [-0.1, -0.05) is 61.3 Å². The molecule has 6 heteroatoms. The Morgan fingerprint density at radius 3 is 2.47 bits per heavy atom. The van der Waals surface area contributed by atoms with E-state index in [0.29, 0.717) is 16.0 Å². The minimum Gasteiger partial charge on any atom is -0.445 e. The fourth-order valence-corrected chi connectivity index (χ4v) is 5.89. The van der Waals surface area contributed by atoms with Crippen molar-refractivity contribution in [1.82, 2.24) is 10.2 Å². The lowest BCUT2D eigenvalue weighted by Gasteiger charge is -2.44. The zero-order valence-corrected chi connectivity index (χ0v) is 20.2. The fourth-order valence-electron chi connectivity index (χ4n) is 5.59. The number of halogens is 2. The van der Waals surface area contributed by atoms with Crippen LogP contribution in [-0.2, 0) is 11.2 Å². The van der Waals surface area contributed by atoms with E-state index in [4.69, 9.17) is 27.9 Å². The second-order valence-electron chi connectivity index (χ2n) is 10.2. The van der Waals surface area contributed by atoms with E-state index in [0.717, 1.165) is 56.4 Å². The van der Waals surface area contributed by atoms with Gasteiger partial charge in [-0.05, 0) is 84.5 Å². The first-order chi connectivity index (χ1) is 15.3. The van der Waals surface area contributed by atoms with Crippen molar-refractivity contribution < 1.29 is 9.53 Å². The van der Waals surface area contributed by atoms with Crippen LogP contribution in [0.15, 0.2) is 36.4 Å². The van der Waals surface area contributed by atoms with Crippen LogP contribution in [0.1, 0.15) is 50.3 Å². The first-order valence-electron chi connectivity index (χ1n) is 11.6. The highest BCUT2D eigenvalue weighted by atomic mass is 35.5. The van der Waals surface area contributed by atoms with Crippen molar-refractivity contribution in [2.24, 2.45) is 11.3 Å². The van der Waals surface area contributed by atoms with Crippen molar-refractivity contribution in [3.8, 4) is 11.1 Å². The minimum atomic E-state index is -0.289. The number of aryl methyl sites for hydroxylation is 1. The van der Waals surface area contributed by atoms with E-state index >= 15 is 0 Å². The van der Waals surface area contributed by atoms with E-state index in [1.165, 1.54) is 11.1 Å². The molecule has 170 valence electrons. The van der Waals surface area contributed by atoms with E-state index in [2.05, 4.69) is 42.3 Å². The lowest BCUT2D eigenvalue weighted by molar-refractivity contribution is -0.0353. The van der Waals surface area contributed by atoms with Gasteiger partial charge in [0.1, 0.15) is 6.10 Å². The maximum Gasteiger partial charge on any atom is 0.407 e. The number of fused-ring (bicyclic) bond motifs is 4. The van der Waals surface area contributed by atoms with E-state index in [1.807, 2.05) is 18.2 Å². The molecule has 2 aromatic rings. The maximum absolute atomic E-state index is 12.9. The van der Waals surface area contributed by atoms with Gasteiger partial charge in [0.25, 0.3) is 0 Å². The van der Waals surface area contributed by atoms with E-state index < -0.39 is 0 Å². The molecule has 6 rings (SSSR count). The summed E-state index contributed by atoms with van der Waals surface area (Å²) in [5, 5.41) is 4.34. The molecule has 3 aliphatic heterocycles. The van der Waals surface area contributed by atoms with Gasteiger partial charge < -0.3 is 10.1 Å².